The van der Waals surface area contributed by atoms with Gasteiger partial charge in [-0.2, -0.15) is 0 Å². The molecule has 2 heterocycles. The largest absolute Gasteiger partial charge is 0.368 e. The number of nitrogens with one attached hydrogen (secondary N) is 1. The van der Waals surface area contributed by atoms with E-state index in [9.17, 15) is 14.9 Å². The van der Waals surface area contributed by atoms with Crippen LogP contribution in [0, 0.1) is 10.1 Å². The number of carbonyl (C=O) groups excluding carboxylic acids is 1. The van der Waals surface area contributed by atoms with Crippen molar-refractivity contribution in [3.8, 4) is 0 Å². The molecule has 1 unspecified atom stereocenters. The zero-order chi connectivity index (χ0) is 19.9. The highest BCUT2D eigenvalue weighted by Gasteiger charge is 2.30. The fourth-order valence-electron chi connectivity index (χ4n) is 3.48. The molecule has 1 amide bonds. The topological polar surface area (TPSA) is 100 Å². The second-order valence-electron chi connectivity index (χ2n) is 6.91. The van der Waals surface area contributed by atoms with E-state index in [4.69, 9.17) is 4.74 Å². The van der Waals surface area contributed by atoms with E-state index in [1.54, 1.807) is 12.1 Å². The predicted molar refractivity (Wildman–Crippen MR) is 105 cm³/mol. The summed E-state index contributed by atoms with van der Waals surface area (Å²) >= 11 is 0. The summed E-state index contributed by atoms with van der Waals surface area (Å²) in [5.74, 6) is 0.855. The smallest absolute Gasteiger partial charge is 0.269 e. The number of hydrogen-bond acceptors (Lipinski definition) is 5. The normalized spacial score (nSPS) is 20.3. The lowest BCUT2D eigenvalue weighted by atomic mass is 10.2. The summed E-state index contributed by atoms with van der Waals surface area (Å²) in [5.41, 5.74) is 0.857. The number of non-ortho nitro benzene ring substituents is 1. The number of nitro groups is 1. The molecule has 28 heavy (non-hydrogen) atoms. The lowest BCUT2D eigenvalue weighted by molar-refractivity contribution is -0.384. The summed E-state index contributed by atoms with van der Waals surface area (Å²) in [6.45, 7) is 6.42. The van der Waals surface area contributed by atoms with Crippen molar-refractivity contribution in [1.82, 2.24) is 15.1 Å². The van der Waals surface area contributed by atoms with Gasteiger partial charge >= 0.3 is 0 Å². The third kappa shape index (κ3) is 4.98. The zero-order valence-corrected chi connectivity index (χ0v) is 16.2. The molecule has 9 heteroatoms. The molecule has 0 saturated carbocycles. The Hall–Kier alpha value is -2.68. The maximum atomic E-state index is 12.5. The lowest BCUT2D eigenvalue weighted by Crippen LogP contribution is -2.55. The van der Waals surface area contributed by atoms with E-state index >= 15 is 0 Å². The van der Waals surface area contributed by atoms with Crippen molar-refractivity contribution in [3.63, 3.8) is 0 Å². The second-order valence-corrected chi connectivity index (χ2v) is 6.91. The minimum absolute atomic E-state index is 0.0685. The van der Waals surface area contributed by atoms with Crippen molar-refractivity contribution < 1.29 is 14.5 Å². The summed E-state index contributed by atoms with van der Waals surface area (Å²) < 4.78 is 5.51. The molecular weight excluding hydrogens is 362 g/mol. The molecule has 1 aromatic rings. The van der Waals surface area contributed by atoms with Crippen molar-refractivity contribution in [1.29, 1.82) is 0 Å². The molecule has 2 fully saturated rings. The number of nitrogens with zero attached hydrogens (tertiary/aromatic N) is 4. The van der Waals surface area contributed by atoms with Gasteiger partial charge in [0.05, 0.1) is 11.5 Å². The van der Waals surface area contributed by atoms with Crippen molar-refractivity contribution in [3.05, 3.63) is 39.9 Å². The van der Waals surface area contributed by atoms with Crippen LogP contribution in [0.5, 0.6) is 0 Å². The van der Waals surface area contributed by atoms with Crippen LogP contribution in [0.3, 0.4) is 0 Å². The Bertz CT molecular complexity index is 725. The van der Waals surface area contributed by atoms with Gasteiger partial charge in [0.2, 0.25) is 0 Å². The Morgan fingerprint density at radius 2 is 2.07 bits per heavy atom. The number of rotatable bonds is 5. The monoisotopic (exact) mass is 389 g/mol. The fraction of sp³-hybridized carbons (Fsp3) is 0.579. The number of piperazine rings is 1. The minimum atomic E-state index is -0.400. The number of benzene rings is 1. The lowest BCUT2D eigenvalue weighted by Gasteiger charge is -2.37. The first-order valence-corrected chi connectivity index (χ1v) is 9.75. The maximum Gasteiger partial charge on any atom is 0.269 e. The van der Waals surface area contributed by atoms with Crippen LogP contribution in [0.2, 0.25) is 0 Å². The van der Waals surface area contributed by atoms with Gasteiger partial charge in [0.25, 0.3) is 11.6 Å². The van der Waals surface area contributed by atoms with Gasteiger partial charge < -0.3 is 19.9 Å². The molecule has 1 aromatic carbocycles. The van der Waals surface area contributed by atoms with E-state index in [-0.39, 0.29) is 17.7 Å². The number of guanidine groups is 1. The molecule has 0 aliphatic carbocycles. The third-order valence-corrected chi connectivity index (χ3v) is 4.96. The van der Waals surface area contributed by atoms with Crippen LogP contribution in [-0.4, -0.2) is 72.0 Å². The fourth-order valence-corrected chi connectivity index (χ4v) is 3.48. The Kier molecular flexibility index (Phi) is 6.80. The van der Waals surface area contributed by atoms with Gasteiger partial charge in [-0.25, -0.2) is 4.99 Å². The molecular formula is C19H27N5O4. The Balaban J connectivity index is 1.59. The zero-order valence-electron chi connectivity index (χ0n) is 16.2. The molecule has 2 aliphatic heterocycles. The van der Waals surface area contributed by atoms with E-state index in [1.165, 1.54) is 6.07 Å². The van der Waals surface area contributed by atoms with Gasteiger partial charge in [0.15, 0.2) is 5.96 Å². The Morgan fingerprint density at radius 3 is 2.71 bits per heavy atom. The Labute approximate surface area is 164 Å². The molecule has 9 nitrogen and oxygen atoms in total. The molecule has 2 aliphatic rings. The van der Waals surface area contributed by atoms with E-state index in [0.29, 0.717) is 39.3 Å². The quantitative estimate of drug-likeness (QED) is 0.353. The van der Waals surface area contributed by atoms with E-state index in [2.05, 4.69) is 15.2 Å². The highest BCUT2D eigenvalue weighted by molar-refractivity contribution is 5.82. The number of carbonyl (C=O) groups is 1. The molecule has 3 rings (SSSR count). The second kappa shape index (κ2) is 9.50. The first-order chi connectivity index (χ1) is 13.6. The summed E-state index contributed by atoms with van der Waals surface area (Å²) in [4.78, 5) is 31.6. The number of aliphatic imine (C=N–C) groups is 1. The van der Waals surface area contributed by atoms with E-state index in [1.807, 2.05) is 17.9 Å². The van der Waals surface area contributed by atoms with Crippen molar-refractivity contribution in [2.24, 2.45) is 4.99 Å². The molecule has 0 aromatic heterocycles. The van der Waals surface area contributed by atoms with Gasteiger partial charge in [-0.15, -0.1) is 0 Å². The van der Waals surface area contributed by atoms with Crippen LogP contribution in [0.4, 0.5) is 5.69 Å². The summed E-state index contributed by atoms with van der Waals surface area (Å²) in [6, 6.07) is 6.53. The molecule has 0 radical (unpaired) electrons. The summed E-state index contributed by atoms with van der Waals surface area (Å²) in [6.07, 6.45) is 1.49. The highest BCUT2D eigenvalue weighted by Crippen LogP contribution is 2.17. The highest BCUT2D eigenvalue weighted by atomic mass is 16.6. The molecule has 2 saturated heterocycles. The average molecular weight is 389 g/mol. The molecule has 1 atom stereocenters. The van der Waals surface area contributed by atoms with Crippen LogP contribution >= 0.6 is 0 Å². The third-order valence-electron chi connectivity index (χ3n) is 4.96. The SMILES string of the molecule is CCNC(=NCc1cccc([N+](=O)[O-])c1)N1CCN(C(=O)C2CCCO2)CC1. The van der Waals surface area contributed by atoms with E-state index in [0.717, 1.165) is 30.9 Å². The van der Waals surface area contributed by atoms with Gasteiger partial charge in [0.1, 0.15) is 6.10 Å². The molecule has 0 spiro atoms. The van der Waals surface area contributed by atoms with Crippen molar-refractivity contribution in [2.45, 2.75) is 32.4 Å². The van der Waals surface area contributed by atoms with Crippen LogP contribution in [0.15, 0.2) is 29.3 Å². The number of amides is 1. The van der Waals surface area contributed by atoms with E-state index < -0.39 is 4.92 Å². The summed E-state index contributed by atoms with van der Waals surface area (Å²) in [7, 11) is 0. The number of ether oxygens (including phenoxy) is 1. The predicted octanol–water partition coefficient (Wildman–Crippen LogP) is 1.38. The maximum absolute atomic E-state index is 12.5. The summed E-state index contributed by atoms with van der Waals surface area (Å²) in [5, 5.41) is 14.2. The van der Waals surface area contributed by atoms with Crippen LogP contribution in [-0.2, 0) is 16.1 Å². The average Bonchev–Trinajstić information content (AvgIpc) is 3.26. The Morgan fingerprint density at radius 1 is 1.32 bits per heavy atom. The van der Waals surface area contributed by atoms with Crippen LogP contribution in [0.1, 0.15) is 25.3 Å². The van der Waals surface area contributed by atoms with Crippen molar-refractivity contribution in [2.75, 3.05) is 39.3 Å². The van der Waals surface area contributed by atoms with Crippen LogP contribution < -0.4 is 5.32 Å². The standard InChI is InChI=1S/C19H27N5O4/c1-2-20-19(21-14-15-5-3-6-16(13-15)24(26)27)23-10-8-22(9-11-23)18(25)17-7-4-12-28-17/h3,5-6,13,17H,2,4,7-12,14H2,1H3,(H,20,21). The first kappa shape index (κ1) is 20.1. The van der Waals surface area contributed by atoms with Gasteiger partial charge in [-0.05, 0) is 25.3 Å². The van der Waals surface area contributed by atoms with Crippen molar-refractivity contribution >= 4 is 17.6 Å². The van der Waals surface area contributed by atoms with Gasteiger partial charge in [-0.3, -0.25) is 14.9 Å². The molecule has 152 valence electrons. The van der Waals surface area contributed by atoms with Gasteiger partial charge in [-0.1, -0.05) is 12.1 Å². The number of nitro benzene ring substituents is 1. The first-order valence-electron chi connectivity index (χ1n) is 9.75. The van der Waals surface area contributed by atoms with Crippen LogP contribution in [0.25, 0.3) is 0 Å². The van der Waals surface area contributed by atoms with Gasteiger partial charge in [0, 0.05) is 51.5 Å². The molecule has 0 bridgehead atoms. The minimum Gasteiger partial charge on any atom is -0.368 e. The number of hydrogen-bond donors (Lipinski definition) is 1. The molecule has 1 N–H and O–H groups in total.